The summed E-state index contributed by atoms with van der Waals surface area (Å²) in [6.45, 7) is 3.39. The zero-order valence-corrected chi connectivity index (χ0v) is 11.6. The third kappa shape index (κ3) is 2.13. The Morgan fingerprint density at radius 2 is 1.76 bits per heavy atom. The van der Waals surface area contributed by atoms with Crippen LogP contribution in [-0.2, 0) is 0 Å². The summed E-state index contributed by atoms with van der Waals surface area (Å²) in [5, 5.41) is 0.767. The highest BCUT2D eigenvalue weighted by molar-refractivity contribution is 6.17. The molecule has 0 unspecified atom stereocenters. The average molecular weight is 285 g/mol. The lowest BCUT2D eigenvalue weighted by Gasteiger charge is -2.05. The highest BCUT2D eigenvalue weighted by Crippen LogP contribution is 2.26. The van der Waals surface area contributed by atoms with Crippen LogP contribution in [0.25, 0.3) is 10.9 Å². The standard InChI is InChI=1S/C17H13F2NO/c1-9-4-3-5-15-16(9)12(8-20-15)17(21)11-6-10(2)13(18)7-14(11)19/h3-8,20H,1-2H3. The molecular formula is C17H13F2NO. The van der Waals surface area contributed by atoms with Crippen molar-refractivity contribution in [1.29, 1.82) is 0 Å². The van der Waals surface area contributed by atoms with Gasteiger partial charge in [0.15, 0.2) is 5.78 Å². The van der Waals surface area contributed by atoms with Crippen LogP contribution in [0.5, 0.6) is 0 Å². The van der Waals surface area contributed by atoms with E-state index in [0.717, 1.165) is 22.5 Å². The second-order valence-corrected chi connectivity index (χ2v) is 5.11. The van der Waals surface area contributed by atoms with Crippen LogP contribution < -0.4 is 0 Å². The highest BCUT2D eigenvalue weighted by Gasteiger charge is 2.20. The number of halogens is 2. The molecule has 4 heteroatoms. The van der Waals surface area contributed by atoms with Crippen LogP contribution in [0.15, 0.2) is 36.5 Å². The van der Waals surface area contributed by atoms with E-state index in [4.69, 9.17) is 0 Å². The maximum atomic E-state index is 13.9. The summed E-state index contributed by atoms with van der Waals surface area (Å²) in [7, 11) is 0. The molecule has 3 rings (SSSR count). The van der Waals surface area contributed by atoms with Gasteiger partial charge in [0.1, 0.15) is 11.6 Å². The predicted molar refractivity (Wildman–Crippen MR) is 77.6 cm³/mol. The van der Waals surface area contributed by atoms with Crippen LogP contribution in [0.1, 0.15) is 27.0 Å². The average Bonchev–Trinajstić information content (AvgIpc) is 2.87. The molecule has 0 radical (unpaired) electrons. The molecule has 1 aromatic heterocycles. The Morgan fingerprint density at radius 3 is 2.52 bits per heavy atom. The maximum absolute atomic E-state index is 13.9. The van der Waals surface area contributed by atoms with Crippen molar-refractivity contribution in [2.24, 2.45) is 0 Å². The van der Waals surface area contributed by atoms with E-state index in [1.807, 2.05) is 25.1 Å². The molecule has 0 saturated heterocycles. The van der Waals surface area contributed by atoms with E-state index in [9.17, 15) is 13.6 Å². The van der Waals surface area contributed by atoms with Crippen LogP contribution in [0.4, 0.5) is 8.78 Å². The molecule has 0 aliphatic carbocycles. The first-order valence-electron chi connectivity index (χ1n) is 6.56. The molecule has 0 amide bonds. The first-order chi connectivity index (χ1) is 9.99. The fraction of sp³-hybridized carbons (Fsp3) is 0.118. The number of ketones is 1. The molecule has 3 aromatic rings. The topological polar surface area (TPSA) is 32.9 Å². The lowest BCUT2D eigenvalue weighted by molar-refractivity contribution is 0.103. The number of hydrogen-bond donors (Lipinski definition) is 1. The Bertz CT molecular complexity index is 865. The molecule has 0 bridgehead atoms. The molecule has 0 atom stereocenters. The van der Waals surface area contributed by atoms with E-state index >= 15 is 0 Å². The van der Waals surface area contributed by atoms with Gasteiger partial charge in [0, 0.05) is 28.7 Å². The molecular weight excluding hydrogens is 272 g/mol. The minimum Gasteiger partial charge on any atom is -0.360 e. The zero-order valence-electron chi connectivity index (χ0n) is 11.6. The largest absolute Gasteiger partial charge is 0.360 e. The minimum atomic E-state index is -0.842. The van der Waals surface area contributed by atoms with Crippen molar-refractivity contribution >= 4 is 16.7 Å². The summed E-state index contributed by atoms with van der Waals surface area (Å²) in [4.78, 5) is 15.6. The van der Waals surface area contributed by atoms with Gasteiger partial charge in [0.2, 0.25) is 0 Å². The van der Waals surface area contributed by atoms with Crippen molar-refractivity contribution in [3.8, 4) is 0 Å². The molecule has 2 aromatic carbocycles. The Balaban J connectivity index is 2.20. The number of benzene rings is 2. The summed E-state index contributed by atoms with van der Waals surface area (Å²) < 4.78 is 27.2. The van der Waals surface area contributed by atoms with Crippen molar-refractivity contribution < 1.29 is 13.6 Å². The van der Waals surface area contributed by atoms with Gasteiger partial charge in [-0.2, -0.15) is 0 Å². The van der Waals surface area contributed by atoms with Crippen molar-refractivity contribution in [1.82, 2.24) is 4.98 Å². The number of aromatic nitrogens is 1. The van der Waals surface area contributed by atoms with Gasteiger partial charge in [-0.1, -0.05) is 12.1 Å². The van der Waals surface area contributed by atoms with E-state index in [2.05, 4.69) is 4.98 Å². The number of hydrogen-bond acceptors (Lipinski definition) is 1. The van der Waals surface area contributed by atoms with E-state index in [1.54, 1.807) is 6.20 Å². The van der Waals surface area contributed by atoms with E-state index in [1.165, 1.54) is 13.0 Å². The highest BCUT2D eigenvalue weighted by atomic mass is 19.1. The van der Waals surface area contributed by atoms with E-state index in [0.29, 0.717) is 5.56 Å². The first kappa shape index (κ1) is 13.5. The van der Waals surface area contributed by atoms with Gasteiger partial charge in [-0.25, -0.2) is 8.78 Å². The molecule has 2 nitrogen and oxygen atoms in total. The Morgan fingerprint density at radius 1 is 1.00 bits per heavy atom. The Labute approximate surface area is 120 Å². The normalized spacial score (nSPS) is 11.0. The van der Waals surface area contributed by atoms with Crippen LogP contribution in [0, 0.1) is 25.5 Å². The van der Waals surface area contributed by atoms with Crippen molar-refractivity contribution in [3.05, 3.63) is 70.4 Å². The van der Waals surface area contributed by atoms with Gasteiger partial charge in [0.05, 0.1) is 5.56 Å². The number of aromatic amines is 1. The Kier molecular flexibility index (Phi) is 3.09. The third-order valence-electron chi connectivity index (χ3n) is 3.65. The van der Waals surface area contributed by atoms with Crippen LogP contribution in [-0.4, -0.2) is 10.8 Å². The molecule has 0 aliphatic heterocycles. The number of H-pyrrole nitrogens is 1. The number of carbonyl (C=O) groups excluding carboxylic acids is 1. The molecule has 1 heterocycles. The smallest absolute Gasteiger partial charge is 0.198 e. The number of rotatable bonds is 2. The summed E-state index contributed by atoms with van der Waals surface area (Å²) in [5.41, 5.74) is 2.27. The second-order valence-electron chi connectivity index (χ2n) is 5.11. The van der Waals surface area contributed by atoms with Gasteiger partial charge in [-0.15, -0.1) is 0 Å². The summed E-state index contributed by atoms with van der Waals surface area (Å²) in [6, 6.07) is 7.63. The fourth-order valence-electron chi connectivity index (χ4n) is 2.52. The molecule has 1 N–H and O–H groups in total. The zero-order chi connectivity index (χ0) is 15.1. The molecule has 0 fully saturated rings. The maximum Gasteiger partial charge on any atom is 0.198 e. The third-order valence-corrected chi connectivity index (χ3v) is 3.65. The molecule has 106 valence electrons. The first-order valence-corrected chi connectivity index (χ1v) is 6.56. The summed E-state index contributed by atoms with van der Waals surface area (Å²) >= 11 is 0. The summed E-state index contributed by atoms with van der Waals surface area (Å²) in [6.07, 6.45) is 1.57. The lowest BCUT2D eigenvalue weighted by atomic mass is 9.98. The second kappa shape index (κ2) is 4.81. The van der Waals surface area contributed by atoms with Gasteiger partial charge in [-0.3, -0.25) is 4.79 Å². The molecule has 0 saturated carbocycles. The summed E-state index contributed by atoms with van der Waals surface area (Å²) in [5.74, 6) is -1.94. The number of aryl methyl sites for hydroxylation is 2. The Hall–Kier alpha value is -2.49. The molecule has 0 aliphatic rings. The van der Waals surface area contributed by atoms with Crippen molar-refractivity contribution in [2.45, 2.75) is 13.8 Å². The number of nitrogens with one attached hydrogen (secondary N) is 1. The van der Waals surface area contributed by atoms with Crippen LogP contribution in [0.2, 0.25) is 0 Å². The van der Waals surface area contributed by atoms with Gasteiger partial charge in [0.25, 0.3) is 0 Å². The minimum absolute atomic E-state index is 0.113. The van der Waals surface area contributed by atoms with E-state index in [-0.39, 0.29) is 11.1 Å². The van der Waals surface area contributed by atoms with E-state index < -0.39 is 17.4 Å². The quantitative estimate of drug-likeness (QED) is 0.700. The lowest BCUT2D eigenvalue weighted by Crippen LogP contribution is -2.05. The van der Waals surface area contributed by atoms with Crippen LogP contribution in [0.3, 0.4) is 0 Å². The molecule has 21 heavy (non-hydrogen) atoms. The van der Waals surface area contributed by atoms with Gasteiger partial charge >= 0.3 is 0 Å². The molecule has 0 spiro atoms. The number of fused-ring (bicyclic) bond motifs is 1. The van der Waals surface area contributed by atoms with Crippen LogP contribution >= 0.6 is 0 Å². The van der Waals surface area contributed by atoms with Gasteiger partial charge in [-0.05, 0) is 37.1 Å². The predicted octanol–water partition coefficient (Wildman–Crippen LogP) is 4.29. The monoisotopic (exact) mass is 285 g/mol. The fourth-order valence-corrected chi connectivity index (χ4v) is 2.52. The SMILES string of the molecule is Cc1cc(C(=O)c2c[nH]c3cccc(C)c23)c(F)cc1F. The van der Waals surface area contributed by atoms with Gasteiger partial charge < -0.3 is 4.98 Å². The van der Waals surface area contributed by atoms with Crippen molar-refractivity contribution in [3.63, 3.8) is 0 Å². The van der Waals surface area contributed by atoms with Crippen molar-refractivity contribution in [2.75, 3.05) is 0 Å². The number of carbonyl (C=O) groups is 1.